The molecule has 0 atom stereocenters. The molecule has 2 heterocycles. The molecule has 16 heavy (non-hydrogen) atoms. The fourth-order valence-electron chi connectivity index (χ4n) is 1.90. The first-order chi connectivity index (χ1) is 7.84. The van der Waals surface area contributed by atoms with E-state index < -0.39 is 0 Å². The number of thiazole rings is 1. The van der Waals surface area contributed by atoms with E-state index in [9.17, 15) is 5.11 Å². The van der Waals surface area contributed by atoms with Crippen molar-refractivity contribution in [3.8, 4) is 5.75 Å². The van der Waals surface area contributed by atoms with E-state index in [4.69, 9.17) is 0 Å². The van der Waals surface area contributed by atoms with Gasteiger partial charge in [0.15, 0.2) is 5.13 Å². The molecule has 1 aromatic heterocycles. The lowest BCUT2D eigenvalue weighted by atomic mass is 10.3. The van der Waals surface area contributed by atoms with Crippen LogP contribution in [0.25, 0.3) is 10.2 Å². The zero-order valence-electron chi connectivity index (χ0n) is 8.77. The van der Waals surface area contributed by atoms with Crippen molar-refractivity contribution < 1.29 is 5.11 Å². The summed E-state index contributed by atoms with van der Waals surface area (Å²) in [6.07, 6.45) is 0. The molecule has 0 saturated carbocycles. The third kappa shape index (κ3) is 1.62. The molecule has 1 fully saturated rings. The van der Waals surface area contributed by atoms with Crippen molar-refractivity contribution in [2.75, 3.05) is 31.1 Å². The lowest BCUT2D eigenvalue weighted by Gasteiger charge is -2.26. The van der Waals surface area contributed by atoms with Crippen LogP contribution in [0.5, 0.6) is 5.75 Å². The number of rotatable bonds is 1. The van der Waals surface area contributed by atoms with Crippen molar-refractivity contribution in [1.82, 2.24) is 10.3 Å². The van der Waals surface area contributed by atoms with Crippen molar-refractivity contribution in [2.24, 2.45) is 0 Å². The minimum atomic E-state index is 0.0233. The second-order valence-corrected chi connectivity index (χ2v) is 4.85. The Bertz CT molecular complexity index is 505. The maximum absolute atomic E-state index is 11.6. The maximum atomic E-state index is 11.6. The first kappa shape index (κ1) is 9.86. The number of fused-ring (bicyclic) bond motifs is 1. The molecule has 1 aromatic carbocycles. The zero-order valence-corrected chi connectivity index (χ0v) is 9.59. The summed E-state index contributed by atoms with van der Waals surface area (Å²) in [6.45, 7) is 3.91. The van der Waals surface area contributed by atoms with Gasteiger partial charge >= 0.3 is 0 Å². The Labute approximate surface area is 97.5 Å². The van der Waals surface area contributed by atoms with E-state index in [1.165, 1.54) is 0 Å². The number of anilines is 1. The Morgan fingerprint density at radius 3 is 2.88 bits per heavy atom. The number of para-hydroxylation sites is 1. The predicted molar refractivity (Wildman–Crippen MR) is 64.8 cm³/mol. The van der Waals surface area contributed by atoms with Gasteiger partial charge in [-0.15, -0.1) is 0 Å². The molecule has 3 rings (SSSR count). The van der Waals surface area contributed by atoms with Gasteiger partial charge in [0.25, 0.3) is 0 Å². The number of piperazine rings is 1. The van der Waals surface area contributed by atoms with E-state index >= 15 is 0 Å². The third-order valence-electron chi connectivity index (χ3n) is 2.76. The van der Waals surface area contributed by atoms with Gasteiger partial charge in [0, 0.05) is 26.2 Å². The van der Waals surface area contributed by atoms with Gasteiger partial charge in [0.05, 0.1) is 4.70 Å². The number of nitrogens with one attached hydrogen (secondary N) is 1. The highest BCUT2D eigenvalue weighted by Gasteiger charge is 2.16. The van der Waals surface area contributed by atoms with E-state index in [2.05, 4.69) is 15.2 Å². The second kappa shape index (κ2) is 3.92. The lowest BCUT2D eigenvalue weighted by Crippen LogP contribution is -2.43. The fourth-order valence-corrected chi connectivity index (χ4v) is 2.94. The molecule has 1 saturated heterocycles. The molecule has 5 heteroatoms. The van der Waals surface area contributed by atoms with Crippen LogP contribution in [0.2, 0.25) is 0 Å². The van der Waals surface area contributed by atoms with Crippen LogP contribution in [0.4, 0.5) is 5.13 Å². The summed E-state index contributed by atoms with van der Waals surface area (Å²) in [6, 6.07) is 5.33. The van der Waals surface area contributed by atoms with Crippen LogP contribution < -0.4 is 10.2 Å². The van der Waals surface area contributed by atoms with Crippen molar-refractivity contribution >= 4 is 26.7 Å². The molecule has 2 aromatic rings. The van der Waals surface area contributed by atoms with Crippen molar-refractivity contribution in [3.63, 3.8) is 0 Å². The Morgan fingerprint density at radius 2 is 2.12 bits per heavy atom. The Kier molecular flexibility index (Phi) is 2.41. The summed E-state index contributed by atoms with van der Waals surface area (Å²) in [5, 5.41) is 15.9. The maximum Gasteiger partial charge on any atom is 0.205 e. The fraction of sp³-hybridized carbons (Fsp3) is 0.364. The molecule has 83 valence electrons. The smallest absolute Gasteiger partial charge is 0.205 e. The molecule has 4 nitrogen and oxygen atoms in total. The third-order valence-corrected chi connectivity index (χ3v) is 3.84. The molecule has 1 aliphatic heterocycles. The molecular weight excluding hydrogens is 222 g/mol. The zero-order chi connectivity index (χ0) is 11.0. The largest absolute Gasteiger partial charge is 0.346 e. The molecule has 0 amide bonds. The van der Waals surface area contributed by atoms with Gasteiger partial charge in [-0.25, -0.2) is 4.98 Å². The standard InChI is InChI=1S/C11H12N3OS/c15-8-2-1-3-9-10(8)13-11(16-9)14-6-4-12-5-7-14/h1-3,12H,4-7H2. The number of benzene rings is 1. The van der Waals surface area contributed by atoms with E-state index in [0.717, 1.165) is 36.0 Å². The minimum Gasteiger partial charge on any atom is -0.346 e. The average molecular weight is 234 g/mol. The summed E-state index contributed by atoms with van der Waals surface area (Å²) in [5.74, 6) is 0.0233. The summed E-state index contributed by atoms with van der Waals surface area (Å²) in [5.41, 5.74) is 0.612. The minimum absolute atomic E-state index is 0.0233. The molecule has 0 spiro atoms. The Hall–Kier alpha value is -1.33. The van der Waals surface area contributed by atoms with Crippen LogP contribution in [0.3, 0.4) is 0 Å². The van der Waals surface area contributed by atoms with Crippen LogP contribution in [-0.4, -0.2) is 31.2 Å². The van der Waals surface area contributed by atoms with Gasteiger partial charge in [0.2, 0.25) is 5.75 Å². The van der Waals surface area contributed by atoms with Crippen molar-refractivity contribution in [3.05, 3.63) is 18.2 Å². The average Bonchev–Trinajstić information content (AvgIpc) is 2.76. The summed E-state index contributed by atoms with van der Waals surface area (Å²) < 4.78 is 0.987. The van der Waals surface area contributed by atoms with Crippen LogP contribution >= 0.6 is 11.3 Å². The summed E-state index contributed by atoms with van der Waals surface area (Å²) >= 11 is 1.60. The topological polar surface area (TPSA) is 48.1 Å². The van der Waals surface area contributed by atoms with Crippen LogP contribution in [0.1, 0.15) is 0 Å². The highest BCUT2D eigenvalue weighted by Crippen LogP contribution is 2.33. The van der Waals surface area contributed by atoms with Gasteiger partial charge in [0.1, 0.15) is 5.52 Å². The molecule has 0 unspecified atom stereocenters. The molecule has 0 bridgehead atoms. The Morgan fingerprint density at radius 1 is 1.31 bits per heavy atom. The van der Waals surface area contributed by atoms with Gasteiger partial charge in [-0.1, -0.05) is 17.4 Å². The lowest BCUT2D eigenvalue weighted by molar-refractivity contribution is 0.359. The van der Waals surface area contributed by atoms with Gasteiger partial charge in [-0.3, -0.25) is 5.11 Å². The predicted octanol–water partition coefficient (Wildman–Crippen LogP) is 1.85. The number of aromatic nitrogens is 1. The molecular formula is C11H12N3OS. The van der Waals surface area contributed by atoms with E-state index in [1.54, 1.807) is 23.5 Å². The van der Waals surface area contributed by atoms with Gasteiger partial charge in [-0.05, 0) is 12.1 Å². The van der Waals surface area contributed by atoms with E-state index in [1.807, 2.05) is 6.07 Å². The normalized spacial score (nSPS) is 16.9. The van der Waals surface area contributed by atoms with Crippen LogP contribution in [0, 0.1) is 0 Å². The van der Waals surface area contributed by atoms with Gasteiger partial charge < -0.3 is 10.2 Å². The molecule has 1 N–H and O–H groups in total. The Balaban J connectivity index is 2.01. The highest BCUT2D eigenvalue weighted by atomic mass is 32.1. The number of hydrogen-bond acceptors (Lipinski definition) is 4. The van der Waals surface area contributed by atoms with Crippen LogP contribution in [0.15, 0.2) is 18.2 Å². The quantitative estimate of drug-likeness (QED) is 0.819. The monoisotopic (exact) mass is 234 g/mol. The molecule has 1 aliphatic rings. The van der Waals surface area contributed by atoms with E-state index in [-0.39, 0.29) is 5.75 Å². The summed E-state index contributed by atoms with van der Waals surface area (Å²) in [7, 11) is 0. The first-order valence-electron chi connectivity index (χ1n) is 5.37. The van der Waals surface area contributed by atoms with E-state index in [0.29, 0.717) is 5.52 Å². The summed E-state index contributed by atoms with van der Waals surface area (Å²) in [4.78, 5) is 6.68. The SMILES string of the molecule is [O]c1cccc2sc(N3CCNCC3)nc12. The number of hydrogen-bond donors (Lipinski definition) is 1. The highest BCUT2D eigenvalue weighted by molar-refractivity contribution is 7.22. The number of nitrogens with zero attached hydrogens (tertiary/aromatic N) is 2. The van der Waals surface area contributed by atoms with Gasteiger partial charge in [-0.2, -0.15) is 0 Å². The molecule has 1 radical (unpaired) electrons. The first-order valence-corrected chi connectivity index (χ1v) is 6.18. The van der Waals surface area contributed by atoms with Crippen molar-refractivity contribution in [2.45, 2.75) is 0 Å². The molecule has 0 aliphatic carbocycles. The van der Waals surface area contributed by atoms with Crippen LogP contribution in [-0.2, 0) is 5.11 Å². The van der Waals surface area contributed by atoms with Crippen molar-refractivity contribution in [1.29, 1.82) is 0 Å². The second-order valence-electron chi connectivity index (χ2n) is 3.84.